The highest BCUT2D eigenvalue weighted by atomic mass is 16.7. The summed E-state index contributed by atoms with van der Waals surface area (Å²) in [4.78, 5) is 0. The number of hydrogen-bond acceptors (Lipinski definition) is 4. The van der Waals surface area contributed by atoms with Gasteiger partial charge in [0, 0.05) is 6.54 Å². The van der Waals surface area contributed by atoms with Crippen molar-refractivity contribution >= 4 is 0 Å². The van der Waals surface area contributed by atoms with Crippen molar-refractivity contribution in [1.29, 1.82) is 0 Å². The van der Waals surface area contributed by atoms with Gasteiger partial charge in [0.1, 0.15) is 5.76 Å². The van der Waals surface area contributed by atoms with Crippen molar-refractivity contribution < 1.29 is 13.9 Å². The van der Waals surface area contributed by atoms with Crippen molar-refractivity contribution in [3.8, 4) is 0 Å². The number of hydrogen-bond donors (Lipinski definition) is 1. The van der Waals surface area contributed by atoms with Gasteiger partial charge in [-0.2, -0.15) is 0 Å². The summed E-state index contributed by atoms with van der Waals surface area (Å²) in [5, 5.41) is 3.21. The van der Waals surface area contributed by atoms with Gasteiger partial charge < -0.3 is 19.2 Å². The van der Waals surface area contributed by atoms with Gasteiger partial charge in [-0.3, -0.25) is 0 Å². The second-order valence-electron chi connectivity index (χ2n) is 3.23. The largest absolute Gasteiger partial charge is 0.468 e. The van der Waals surface area contributed by atoms with Crippen LogP contribution < -0.4 is 5.32 Å². The Morgan fingerprint density at radius 3 is 2.93 bits per heavy atom. The molecule has 0 atom stereocenters. The molecule has 0 unspecified atom stereocenters. The molecule has 0 amide bonds. The fourth-order valence-corrected chi connectivity index (χ4v) is 1.38. The minimum Gasteiger partial charge on any atom is -0.468 e. The van der Waals surface area contributed by atoms with E-state index in [-0.39, 0.29) is 6.29 Å². The Balaban J connectivity index is 1.62. The molecular weight excluding hydrogens is 182 g/mol. The predicted molar refractivity (Wildman–Crippen MR) is 50.7 cm³/mol. The topological polar surface area (TPSA) is 43.6 Å². The summed E-state index contributed by atoms with van der Waals surface area (Å²) in [5.74, 6) is 0.931. The molecule has 78 valence electrons. The lowest BCUT2D eigenvalue weighted by Gasteiger charge is -2.23. The van der Waals surface area contributed by atoms with Crippen molar-refractivity contribution in [3.05, 3.63) is 24.2 Å². The van der Waals surface area contributed by atoms with E-state index in [4.69, 9.17) is 13.9 Å². The zero-order chi connectivity index (χ0) is 9.64. The van der Waals surface area contributed by atoms with Gasteiger partial charge >= 0.3 is 0 Å². The van der Waals surface area contributed by atoms with Crippen LogP contribution in [0, 0.1) is 0 Å². The van der Waals surface area contributed by atoms with Crippen LogP contribution in [0.4, 0.5) is 0 Å². The molecule has 0 radical (unpaired) electrons. The van der Waals surface area contributed by atoms with Gasteiger partial charge in [0.25, 0.3) is 0 Å². The first-order valence-corrected chi connectivity index (χ1v) is 4.91. The predicted octanol–water partition coefficient (Wildman–Crippen LogP) is 1.13. The summed E-state index contributed by atoms with van der Waals surface area (Å²) >= 11 is 0. The molecule has 0 aliphatic carbocycles. The summed E-state index contributed by atoms with van der Waals surface area (Å²) in [6, 6.07) is 3.82. The molecule has 1 aliphatic heterocycles. The maximum absolute atomic E-state index is 5.38. The lowest BCUT2D eigenvalue weighted by Crippen LogP contribution is -2.34. The molecule has 2 rings (SSSR count). The van der Waals surface area contributed by atoms with E-state index in [1.54, 1.807) is 6.26 Å². The molecule has 14 heavy (non-hydrogen) atoms. The first-order valence-electron chi connectivity index (χ1n) is 4.91. The van der Waals surface area contributed by atoms with Crippen molar-refractivity contribution in [2.45, 2.75) is 19.3 Å². The van der Waals surface area contributed by atoms with Gasteiger partial charge in [0.05, 0.1) is 26.0 Å². The number of nitrogens with one attached hydrogen (secondary N) is 1. The third-order valence-electron chi connectivity index (χ3n) is 2.09. The molecule has 1 N–H and O–H groups in total. The molecule has 2 heterocycles. The maximum Gasteiger partial charge on any atom is 0.169 e. The standard InChI is InChI=1S/C10H15NO3/c1-3-9(12-4-1)7-11-8-10-13-5-2-6-14-10/h1,3-4,10-11H,2,5-8H2. The van der Waals surface area contributed by atoms with E-state index in [1.165, 1.54) is 0 Å². The minimum absolute atomic E-state index is 0.0984. The van der Waals surface area contributed by atoms with Crippen LogP contribution in [0.25, 0.3) is 0 Å². The first kappa shape index (κ1) is 9.71. The van der Waals surface area contributed by atoms with Crippen molar-refractivity contribution in [2.75, 3.05) is 19.8 Å². The minimum atomic E-state index is -0.0984. The lowest BCUT2D eigenvalue weighted by molar-refractivity contribution is -0.175. The van der Waals surface area contributed by atoms with Gasteiger partial charge in [-0.25, -0.2) is 0 Å². The van der Waals surface area contributed by atoms with Gasteiger partial charge in [-0.15, -0.1) is 0 Å². The molecule has 1 aliphatic rings. The van der Waals surface area contributed by atoms with Gasteiger partial charge in [-0.1, -0.05) is 0 Å². The molecule has 1 saturated heterocycles. The first-order chi connectivity index (χ1) is 6.95. The highest BCUT2D eigenvalue weighted by Gasteiger charge is 2.13. The monoisotopic (exact) mass is 197 g/mol. The maximum atomic E-state index is 5.38. The van der Waals surface area contributed by atoms with Crippen LogP contribution in [0.5, 0.6) is 0 Å². The number of furan rings is 1. The Morgan fingerprint density at radius 1 is 1.36 bits per heavy atom. The highest BCUT2D eigenvalue weighted by Crippen LogP contribution is 2.04. The second kappa shape index (κ2) is 5.14. The molecule has 1 aromatic heterocycles. The van der Waals surface area contributed by atoms with Crippen LogP contribution >= 0.6 is 0 Å². The van der Waals surface area contributed by atoms with Crippen LogP contribution in [0.1, 0.15) is 12.2 Å². The summed E-state index contributed by atoms with van der Waals surface area (Å²) in [7, 11) is 0. The van der Waals surface area contributed by atoms with Gasteiger partial charge in [0.2, 0.25) is 0 Å². The highest BCUT2D eigenvalue weighted by molar-refractivity contribution is 4.97. The van der Waals surface area contributed by atoms with Gasteiger partial charge in [-0.05, 0) is 18.6 Å². The van der Waals surface area contributed by atoms with E-state index in [2.05, 4.69) is 5.32 Å². The van der Waals surface area contributed by atoms with Crippen molar-refractivity contribution in [1.82, 2.24) is 5.32 Å². The average molecular weight is 197 g/mol. The molecule has 1 fully saturated rings. The SMILES string of the molecule is c1coc(CNCC2OCCCO2)c1. The second-order valence-corrected chi connectivity index (χ2v) is 3.23. The Labute approximate surface area is 83.2 Å². The Bertz CT molecular complexity index is 242. The van der Waals surface area contributed by atoms with E-state index in [9.17, 15) is 0 Å². The third-order valence-corrected chi connectivity index (χ3v) is 2.09. The Hall–Kier alpha value is -0.840. The smallest absolute Gasteiger partial charge is 0.169 e. The van der Waals surface area contributed by atoms with Crippen LogP contribution in [0.15, 0.2) is 22.8 Å². The summed E-state index contributed by atoms with van der Waals surface area (Å²) in [6.07, 6.45) is 2.57. The molecule has 4 nitrogen and oxygen atoms in total. The summed E-state index contributed by atoms with van der Waals surface area (Å²) in [5.41, 5.74) is 0. The van der Waals surface area contributed by atoms with Crippen LogP contribution in [-0.4, -0.2) is 26.0 Å². The molecule has 0 aromatic carbocycles. The molecule has 4 heteroatoms. The van der Waals surface area contributed by atoms with Crippen LogP contribution in [0.3, 0.4) is 0 Å². The van der Waals surface area contributed by atoms with E-state index in [0.717, 1.165) is 31.9 Å². The fourth-order valence-electron chi connectivity index (χ4n) is 1.38. The number of rotatable bonds is 4. The fraction of sp³-hybridized carbons (Fsp3) is 0.600. The zero-order valence-electron chi connectivity index (χ0n) is 8.07. The van der Waals surface area contributed by atoms with E-state index < -0.39 is 0 Å². The van der Waals surface area contributed by atoms with E-state index in [0.29, 0.717) is 6.54 Å². The molecule has 0 spiro atoms. The average Bonchev–Trinajstić information content (AvgIpc) is 2.72. The Kier molecular flexibility index (Phi) is 3.57. The zero-order valence-corrected chi connectivity index (χ0v) is 8.07. The summed E-state index contributed by atoms with van der Waals surface area (Å²) < 4.78 is 15.9. The van der Waals surface area contributed by atoms with Crippen LogP contribution in [-0.2, 0) is 16.0 Å². The number of ether oxygens (including phenoxy) is 2. The van der Waals surface area contributed by atoms with Gasteiger partial charge in [0.15, 0.2) is 6.29 Å². The summed E-state index contributed by atoms with van der Waals surface area (Å²) in [6.45, 7) is 3.02. The molecule has 0 bridgehead atoms. The molecular formula is C10H15NO3. The lowest BCUT2D eigenvalue weighted by atomic mass is 10.4. The van der Waals surface area contributed by atoms with E-state index >= 15 is 0 Å². The molecule has 0 saturated carbocycles. The quantitative estimate of drug-likeness (QED) is 0.785. The normalized spacial score (nSPS) is 18.6. The third kappa shape index (κ3) is 2.83. The van der Waals surface area contributed by atoms with Crippen molar-refractivity contribution in [3.63, 3.8) is 0 Å². The molecule has 1 aromatic rings. The van der Waals surface area contributed by atoms with E-state index in [1.807, 2.05) is 12.1 Å². The van der Waals surface area contributed by atoms with Crippen LogP contribution in [0.2, 0.25) is 0 Å². The van der Waals surface area contributed by atoms with Crippen molar-refractivity contribution in [2.24, 2.45) is 0 Å². The Morgan fingerprint density at radius 2 is 2.21 bits per heavy atom.